The topological polar surface area (TPSA) is 49.6 Å². The molecule has 0 N–H and O–H groups in total. The van der Waals surface area contributed by atoms with Crippen LogP contribution >= 0.6 is 0 Å². The third-order valence-corrected chi connectivity index (χ3v) is 3.96. The maximum Gasteiger partial charge on any atom is 0.223 e. The van der Waals surface area contributed by atoms with Crippen LogP contribution in [0.4, 0.5) is 0 Å². The minimum absolute atomic E-state index is 0.0928. The standard InChI is InChI=1S/C16H27N3O2/c1-12-13(21-15(17-12)16(2,3)4)6-7-14(20)19-10-8-18(5)9-11-19/h6-11H2,1-5H3. The van der Waals surface area contributed by atoms with Crippen LogP contribution in [0.15, 0.2) is 4.42 Å². The van der Waals surface area contributed by atoms with Crippen LogP contribution in [0.5, 0.6) is 0 Å². The zero-order valence-electron chi connectivity index (χ0n) is 13.9. The predicted octanol–water partition coefficient (Wildman–Crippen LogP) is 1.99. The zero-order chi connectivity index (χ0) is 15.6. The number of amides is 1. The fraction of sp³-hybridized carbons (Fsp3) is 0.750. The van der Waals surface area contributed by atoms with Gasteiger partial charge in [-0.25, -0.2) is 4.98 Å². The quantitative estimate of drug-likeness (QED) is 0.855. The first-order valence-corrected chi connectivity index (χ1v) is 7.70. The minimum Gasteiger partial charge on any atom is -0.445 e. The summed E-state index contributed by atoms with van der Waals surface area (Å²) in [4.78, 5) is 20.9. The van der Waals surface area contributed by atoms with Gasteiger partial charge in [0.05, 0.1) is 5.69 Å². The molecule has 0 bridgehead atoms. The molecule has 0 saturated carbocycles. The molecule has 0 atom stereocenters. The highest BCUT2D eigenvalue weighted by Crippen LogP contribution is 2.24. The molecule has 2 rings (SSSR count). The van der Waals surface area contributed by atoms with Gasteiger partial charge in [-0.2, -0.15) is 0 Å². The van der Waals surface area contributed by atoms with Crippen LogP contribution in [0, 0.1) is 6.92 Å². The van der Waals surface area contributed by atoms with Crippen LogP contribution in [0.25, 0.3) is 0 Å². The van der Waals surface area contributed by atoms with E-state index in [1.54, 1.807) is 0 Å². The summed E-state index contributed by atoms with van der Waals surface area (Å²) < 4.78 is 5.84. The molecule has 0 unspecified atom stereocenters. The molecule has 2 heterocycles. The van der Waals surface area contributed by atoms with E-state index >= 15 is 0 Å². The summed E-state index contributed by atoms with van der Waals surface area (Å²) in [6.07, 6.45) is 1.14. The second-order valence-electron chi connectivity index (χ2n) is 6.96. The zero-order valence-corrected chi connectivity index (χ0v) is 13.9. The second kappa shape index (κ2) is 6.18. The van der Waals surface area contributed by atoms with Crippen molar-refractivity contribution in [2.45, 2.75) is 46.0 Å². The number of likely N-dealkylation sites (N-methyl/N-ethyl adjacent to an activating group) is 1. The first kappa shape index (κ1) is 16.0. The van der Waals surface area contributed by atoms with Crippen LogP contribution in [0.2, 0.25) is 0 Å². The molecule has 1 aliphatic rings. The molecule has 1 aromatic rings. The molecule has 1 aromatic heterocycles. The number of aryl methyl sites for hydroxylation is 2. The molecular formula is C16H27N3O2. The smallest absolute Gasteiger partial charge is 0.223 e. The number of piperazine rings is 1. The van der Waals surface area contributed by atoms with E-state index in [1.165, 1.54) is 0 Å². The molecule has 118 valence electrons. The third-order valence-electron chi connectivity index (χ3n) is 3.96. The average Bonchev–Trinajstić information content (AvgIpc) is 2.78. The van der Waals surface area contributed by atoms with Crippen molar-refractivity contribution in [2.24, 2.45) is 0 Å². The van der Waals surface area contributed by atoms with Crippen molar-refractivity contribution in [1.82, 2.24) is 14.8 Å². The lowest BCUT2D eigenvalue weighted by Crippen LogP contribution is -2.47. The first-order chi connectivity index (χ1) is 9.77. The maximum atomic E-state index is 12.2. The molecule has 1 amide bonds. The highest BCUT2D eigenvalue weighted by molar-refractivity contribution is 5.76. The number of carbonyl (C=O) groups excluding carboxylic acids is 1. The molecule has 0 radical (unpaired) electrons. The van der Waals surface area contributed by atoms with Crippen molar-refractivity contribution in [2.75, 3.05) is 33.2 Å². The van der Waals surface area contributed by atoms with Crippen molar-refractivity contribution in [3.63, 3.8) is 0 Å². The number of rotatable bonds is 3. The summed E-state index contributed by atoms with van der Waals surface area (Å²) in [6.45, 7) is 11.8. The molecule has 5 nitrogen and oxygen atoms in total. The number of hydrogen-bond acceptors (Lipinski definition) is 4. The van der Waals surface area contributed by atoms with Gasteiger partial charge in [0.2, 0.25) is 5.91 Å². The van der Waals surface area contributed by atoms with Gasteiger partial charge in [-0.1, -0.05) is 20.8 Å². The number of nitrogens with zero attached hydrogens (tertiary/aromatic N) is 3. The van der Waals surface area contributed by atoms with Crippen LogP contribution in [0.1, 0.15) is 44.5 Å². The molecular weight excluding hydrogens is 266 g/mol. The molecule has 1 aliphatic heterocycles. The van der Waals surface area contributed by atoms with Gasteiger partial charge in [-0.05, 0) is 14.0 Å². The van der Waals surface area contributed by atoms with Gasteiger partial charge in [0.25, 0.3) is 0 Å². The Kier molecular flexibility index (Phi) is 4.71. The van der Waals surface area contributed by atoms with Crippen LogP contribution in [0.3, 0.4) is 0 Å². The van der Waals surface area contributed by atoms with E-state index in [1.807, 2.05) is 11.8 Å². The maximum absolute atomic E-state index is 12.2. The molecule has 0 aromatic carbocycles. The van der Waals surface area contributed by atoms with E-state index in [9.17, 15) is 4.79 Å². The Hall–Kier alpha value is -1.36. The number of oxazole rings is 1. The summed E-state index contributed by atoms with van der Waals surface area (Å²) >= 11 is 0. The van der Waals surface area contributed by atoms with E-state index in [2.05, 4.69) is 37.7 Å². The Morgan fingerprint density at radius 1 is 1.24 bits per heavy atom. The van der Waals surface area contributed by atoms with Crippen LogP contribution in [-0.4, -0.2) is 53.9 Å². The molecule has 1 saturated heterocycles. The Balaban J connectivity index is 1.91. The normalized spacial score (nSPS) is 17.3. The Labute approximate surface area is 127 Å². The van der Waals surface area contributed by atoms with Gasteiger partial charge in [0.1, 0.15) is 5.76 Å². The SMILES string of the molecule is Cc1nc(C(C)(C)C)oc1CCC(=O)N1CCN(C)CC1. The molecule has 0 aliphatic carbocycles. The van der Waals surface area contributed by atoms with Gasteiger partial charge in [0.15, 0.2) is 5.89 Å². The van der Waals surface area contributed by atoms with E-state index in [0.717, 1.165) is 43.5 Å². The number of aromatic nitrogens is 1. The fourth-order valence-electron chi connectivity index (χ4n) is 2.42. The van der Waals surface area contributed by atoms with Gasteiger partial charge < -0.3 is 14.2 Å². The van der Waals surface area contributed by atoms with Crippen molar-refractivity contribution in [3.05, 3.63) is 17.3 Å². The van der Waals surface area contributed by atoms with Gasteiger partial charge >= 0.3 is 0 Å². The highest BCUT2D eigenvalue weighted by atomic mass is 16.4. The largest absolute Gasteiger partial charge is 0.445 e. The van der Waals surface area contributed by atoms with Gasteiger partial charge in [-0.15, -0.1) is 0 Å². The van der Waals surface area contributed by atoms with E-state index in [-0.39, 0.29) is 11.3 Å². The molecule has 0 spiro atoms. The predicted molar refractivity (Wildman–Crippen MR) is 82.3 cm³/mol. The fourth-order valence-corrected chi connectivity index (χ4v) is 2.42. The summed E-state index contributed by atoms with van der Waals surface area (Å²) in [5, 5.41) is 0. The van der Waals surface area contributed by atoms with Gasteiger partial charge in [0, 0.05) is 44.4 Å². The summed E-state index contributed by atoms with van der Waals surface area (Å²) in [6, 6.07) is 0. The Morgan fingerprint density at radius 3 is 2.38 bits per heavy atom. The first-order valence-electron chi connectivity index (χ1n) is 7.70. The van der Waals surface area contributed by atoms with Crippen molar-refractivity contribution in [1.29, 1.82) is 0 Å². The van der Waals surface area contributed by atoms with Gasteiger partial charge in [-0.3, -0.25) is 4.79 Å². The lowest BCUT2D eigenvalue weighted by molar-refractivity contribution is -0.132. The number of hydrogen-bond donors (Lipinski definition) is 0. The van der Waals surface area contributed by atoms with Crippen LogP contribution in [-0.2, 0) is 16.6 Å². The summed E-state index contributed by atoms with van der Waals surface area (Å²) in [5.74, 6) is 1.82. The molecule has 1 fully saturated rings. The third kappa shape index (κ3) is 4.06. The summed E-state index contributed by atoms with van der Waals surface area (Å²) in [7, 11) is 2.09. The lowest BCUT2D eigenvalue weighted by Gasteiger charge is -2.32. The second-order valence-corrected chi connectivity index (χ2v) is 6.96. The minimum atomic E-state index is -0.0928. The Morgan fingerprint density at radius 2 is 1.86 bits per heavy atom. The van der Waals surface area contributed by atoms with Crippen LogP contribution < -0.4 is 0 Å². The highest BCUT2D eigenvalue weighted by Gasteiger charge is 2.23. The van der Waals surface area contributed by atoms with Crippen molar-refractivity contribution in [3.8, 4) is 0 Å². The van der Waals surface area contributed by atoms with E-state index in [4.69, 9.17) is 4.42 Å². The van der Waals surface area contributed by atoms with E-state index in [0.29, 0.717) is 12.8 Å². The average molecular weight is 293 g/mol. The monoisotopic (exact) mass is 293 g/mol. The van der Waals surface area contributed by atoms with E-state index < -0.39 is 0 Å². The molecule has 21 heavy (non-hydrogen) atoms. The summed E-state index contributed by atoms with van der Waals surface area (Å²) in [5.41, 5.74) is 0.816. The Bertz CT molecular complexity index is 494. The number of carbonyl (C=O) groups is 1. The lowest BCUT2D eigenvalue weighted by atomic mass is 9.97. The molecule has 5 heteroatoms. The van der Waals surface area contributed by atoms with Crippen molar-refractivity contribution < 1.29 is 9.21 Å². The van der Waals surface area contributed by atoms with Crippen molar-refractivity contribution >= 4 is 5.91 Å².